The molecule has 1 aromatic carbocycles. The summed E-state index contributed by atoms with van der Waals surface area (Å²) in [7, 11) is 0. The van der Waals surface area contributed by atoms with E-state index in [9.17, 15) is 25.2 Å². The molecular weight excluding hydrogens is 282 g/mol. The Morgan fingerprint density at radius 2 is 1.62 bits per heavy atom. The zero-order valence-electron chi connectivity index (χ0n) is 11.1. The van der Waals surface area contributed by atoms with Crippen molar-refractivity contribution in [3.63, 3.8) is 0 Å². The molecule has 7 N–H and O–H groups in total. The van der Waals surface area contributed by atoms with Crippen LogP contribution in [0.5, 0.6) is 5.75 Å². The van der Waals surface area contributed by atoms with E-state index in [0.29, 0.717) is 0 Å². The van der Waals surface area contributed by atoms with E-state index in [1.165, 1.54) is 18.2 Å². The first-order chi connectivity index (χ1) is 9.88. The number of carbonyl (C=O) groups excluding carboxylic acids is 1. The summed E-state index contributed by atoms with van der Waals surface area (Å²) in [5, 5.41) is 58.1. The maximum atomic E-state index is 11.7. The second kappa shape index (κ2) is 7.91. The van der Waals surface area contributed by atoms with Gasteiger partial charge in [0.05, 0.1) is 18.3 Å². The number of nitrogens with one attached hydrogen (secondary N) is 1. The predicted molar refractivity (Wildman–Crippen MR) is 71.6 cm³/mol. The number of hydrogen-bond donors (Lipinski definition) is 7. The van der Waals surface area contributed by atoms with E-state index in [2.05, 4.69) is 5.32 Å². The Hall–Kier alpha value is -1.71. The summed E-state index contributed by atoms with van der Waals surface area (Å²) in [6.07, 6.45) is -6.68. The van der Waals surface area contributed by atoms with Crippen molar-refractivity contribution in [2.45, 2.75) is 24.4 Å². The van der Waals surface area contributed by atoms with Gasteiger partial charge in [0.15, 0.2) is 0 Å². The molecule has 4 atom stereocenters. The second-order valence-electron chi connectivity index (χ2n) is 4.53. The number of hydrogen-bond acceptors (Lipinski definition) is 7. The Kier molecular flexibility index (Phi) is 6.53. The van der Waals surface area contributed by atoms with Crippen molar-refractivity contribution in [2.75, 3.05) is 13.2 Å². The first-order valence-corrected chi connectivity index (χ1v) is 6.27. The van der Waals surface area contributed by atoms with E-state index in [-0.39, 0.29) is 11.3 Å². The highest BCUT2D eigenvalue weighted by Crippen LogP contribution is 2.15. The van der Waals surface area contributed by atoms with Crippen LogP contribution in [-0.2, 0) is 0 Å². The molecule has 1 amide bonds. The Bertz CT molecular complexity index is 468. The zero-order chi connectivity index (χ0) is 16.0. The van der Waals surface area contributed by atoms with Crippen LogP contribution in [0.15, 0.2) is 24.3 Å². The van der Waals surface area contributed by atoms with Gasteiger partial charge in [-0.25, -0.2) is 0 Å². The van der Waals surface area contributed by atoms with Gasteiger partial charge in [-0.2, -0.15) is 0 Å². The molecule has 0 aromatic heterocycles. The zero-order valence-corrected chi connectivity index (χ0v) is 11.1. The lowest BCUT2D eigenvalue weighted by molar-refractivity contribution is -0.113. The van der Waals surface area contributed by atoms with Gasteiger partial charge in [0.25, 0.3) is 5.91 Å². The third-order valence-corrected chi connectivity index (χ3v) is 2.95. The molecular formula is C13H19NO7. The minimum absolute atomic E-state index is 0.00451. The first kappa shape index (κ1) is 17.3. The summed E-state index contributed by atoms with van der Waals surface area (Å²) >= 11 is 0. The molecule has 21 heavy (non-hydrogen) atoms. The van der Waals surface area contributed by atoms with Crippen molar-refractivity contribution in [2.24, 2.45) is 0 Å². The molecule has 0 heterocycles. The Labute approximate surface area is 120 Å². The van der Waals surface area contributed by atoms with Gasteiger partial charge < -0.3 is 36.0 Å². The largest absolute Gasteiger partial charge is 0.507 e. The molecule has 1 rings (SSSR count). The lowest BCUT2D eigenvalue weighted by Crippen LogP contribution is -2.49. The van der Waals surface area contributed by atoms with E-state index in [4.69, 9.17) is 10.2 Å². The van der Waals surface area contributed by atoms with Crippen LogP contribution in [0.1, 0.15) is 10.4 Å². The highest BCUT2D eigenvalue weighted by atomic mass is 16.4. The standard InChI is InChI=1S/C13H19NO7/c15-6-10(18)12(20)11(19)9(17)5-14-13(21)7-3-1-2-4-8(7)16/h1-4,9-12,15-20H,5-6H2,(H,14,21)/t9-,10+,11-,12-/m1/s1. The van der Waals surface area contributed by atoms with Crippen LogP contribution in [0.25, 0.3) is 0 Å². The van der Waals surface area contributed by atoms with E-state index >= 15 is 0 Å². The summed E-state index contributed by atoms with van der Waals surface area (Å²) in [6.45, 7) is -1.20. The molecule has 8 heteroatoms. The van der Waals surface area contributed by atoms with Gasteiger partial charge >= 0.3 is 0 Å². The smallest absolute Gasteiger partial charge is 0.255 e. The van der Waals surface area contributed by atoms with E-state index in [0.717, 1.165) is 0 Å². The Balaban J connectivity index is 2.55. The molecule has 0 radical (unpaired) electrons. The lowest BCUT2D eigenvalue weighted by atomic mass is 10.0. The fourth-order valence-corrected chi connectivity index (χ4v) is 1.64. The second-order valence-corrected chi connectivity index (χ2v) is 4.53. The van der Waals surface area contributed by atoms with Crippen molar-refractivity contribution in [3.8, 4) is 5.75 Å². The van der Waals surface area contributed by atoms with Crippen LogP contribution in [0.2, 0.25) is 0 Å². The number of benzene rings is 1. The van der Waals surface area contributed by atoms with Crippen molar-refractivity contribution in [3.05, 3.63) is 29.8 Å². The molecule has 0 saturated heterocycles. The van der Waals surface area contributed by atoms with Gasteiger partial charge in [0, 0.05) is 6.54 Å². The molecule has 8 nitrogen and oxygen atoms in total. The maximum absolute atomic E-state index is 11.7. The van der Waals surface area contributed by atoms with E-state index in [1.54, 1.807) is 6.07 Å². The lowest BCUT2D eigenvalue weighted by Gasteiger charge is -2.25. The van der Waals surface area contributed by atoms with Crippen molar-refractivity contribution < 1.29 is 35.4 Å². The highest BCUT2D eigenvalue weighted by molar-refractivity contribution is 5.96. The van der Waals surface area contributed by atoms with Gasteiger partial charge in [-0.05, 0) is 12.1 Å². The van der Waals surface area contributed by atoms with Crippen LogP contribution in [0.3, 0.4) is 0 Å². The number of phenolic OH excluding ortho intramolecular Hbond substituents is 1. The topological polar surface area (TPSA) is 150 Å². The summed E-state index contributed by atoms with van der Waals surface area (Å²) in [4.78, 5) is 11.7. The van der Waals surface area contributed by atoms with Crippen LogP contribution in [-0.4, -0.2) is 74.1 Å². The molecule has 0 aliphatic rings. The van der Waals surface area contributed by atoms with Crippen LogP contribution < -0.4 is 5.32 Å². The van der Waals surface area contributed by atoms with Crippen LogP contribution in [0.4, 0.5) is 0 Å². The average molecular weight is 301 g/mol. The number of phenols is 1. The first-order valence-electron chi connectivity index (χ1n) is 6.27. The third-order valence-electron chi connectivity index (χ3n) is 2.95. The van der Waals surface area contributed by atoms with Crippen molar-refractivity contribution >= 4 is 5.91 Å². The number of amides is 1. The monoisotopic (exact) mass is 301 g/mol. The summed E-state index contributed by atoms with van der Waals surface area (Å²) in [5.74, 6) is -0.905. The molecule has 0 fully saturated rings. The summed E-state index contributed by atoms with van der Waals surface area (Å²) in [5.41, 5.74) is -0.00451. The molecule has 118 valence electrons. The number of carbonyl (C=O) groups is 1. The molecule has 1 aromatic rings. The third kappa shape index (κ3) is 4.66. The molecule has 0 bridgehead atoms. The summed E-state index contributed by atoms with van der Waals surface area (Å²) in [6, 6.07) is 5.78. The molecule has 0 aliphatic carbocycles. The maximum Gasteiger partial charge on any atom is 0.255 e. The van der Waals surface area contributed by atoms with Gasteiger partial charge in [-0.3, -0.25) is 4.79 Å². The van der Waals surface area contributed by atoms with Gasteiger partial charge in [0.1, 0.15) is 24.1 Å². The number of rotatable bonds is 7. The molecule has 0 spiro atoms. The van der Waals surface area contributed by atoms with Gasteiger partial charge in [0.2, 0.25) is 0 Å². The quantitative estimate of drug-likeness (QED) is 0.295. The van der Waals surface area contributed by atoms with Gasteiger partial charge in [-0.1, -0.05) is 12.1 Å². The van der Waals surface area contributed by atoms with E-state index < -0.39 is 43.5 Å². The van der Waals surface area contributed by atoms with Crippen LogP contribution in [0, 0.1) is 0 Å². The number of aliphatic hydroxyl groups excluding tert-OH is 5. The van der Waals surface area contributed by atoms with Crippen molar-refractivity contribution in [1.29, 1.82) is 0 Å². The number of aliphatic hydroxyl groups is 5. The minimum atomic E-state index is -1.76. The average Bonchev–Trinajstić information content (AvgIpc) is 2.50. The highest BCUT2D eigenvalue weighted by Gasteiger charge is 2.30. The number of para-hydroxylation sites is 1. The predicted octanol–water partition coefficient (Wildman–Crippen LogP) is -2.44. The molecule has 0 aliphatic heterocycles. The Morgan fingerprint density at radius 1 is 1.05 bits per heavy atom. The molecule has 0 saturated carbocycles. The minimum Gasteiger partial charge on any atom is -0.507 e. The van der Waals surface area contributed by atoms with E-state index in [1.807, 2.05) is 0 Å². The number of aromatic hydroxyl groups is 1. The normalized spacial score (nSPS) is 16.8. The fraction of sp³-hybridized carbons (Fsp3) is 0.462. The summed E-state index contributed by atoms with van der Waals surface area (Å²) < 4.78 is 0. The Morgan fingerprint density at radius 3 is 2.19 bits per heavy atom. The molecule has 0 unspecified atom stereocenters. The fourth-order valence-electron chi connectivity index (χ4n) is 1.64. The SMILES string of the molecule is O=C(NC[C@@H](O)[C@@H](O)[C@H](O)[C@@H](O)CO)c1ccccc1O. The van der Waals surface area contributed by atoms with Gasteiger partial charge in [-0.15, -0.1) is 0 Å². The van der Waals surface area contributed by atoms with Crippen LogP contribution >= 0.6 is 0 Å². The van der Waals surface area contributed by atoms with Crippen molar-refractivity contribution in [1.82, 2.24) is 5.32 Å².